The van der Waals surface area contributed by atoms with Crippen LogP contribution in [0.15, 0.2) is 140 Å². The van der Waals surface area contributed by atoms with E-state index in [9.17, 15) is 0 Å². The molecule has 0 saturated heterocycles. The fraction of sp³-hybridized carbons (Fsp3) is 0.0476. The smallest absolute Gasteiger partial charge is 0.160 e. The molecule has 9 aromatic rings. The lowest BCUT2D eigenvalue weighted by Crippen LogP contribution is -2.50. The maximum Gasteiger partial charge on any atom is 0.160 e. The Labute approximate surface area is 277 Å². The predicted molar refractivity (Wildman–Crippen MR) is 202 cm³/mol. The number of hydrogen-bond acceptors (Lipinski definition) is 3. The zero-order valence-corrected chi connectivity index (χ0v) is 27.8. The molecule has 0 N–H and O–H groups in total. The Hall–Kier alpha value is -5.36. The first-order valence-electron chi connectivity index (χ1n) is 16.1. The fourth-order valence-corrected chi connectivity index (χ4v) is 12.3. The Morgan fingerprint density at radius 3 is 2.04 bits per heavy atom. The van der Waals surface area contributed by atoms with Crippen LogP contribution < -0.4 is 10.4 Å². The zero-order chi connectivity index (χ0) is 31.3. The predicted octanol–water partition coefficient (Wildman–Crippen LogP) is 10.1. The third kappa shape index (κ3) is 3.72. The standard InChI is InChI=1S/C42H29N3SSi/c1-47(2)36-23-13-9-19-32(36)38-41(47)37(43-42(44-38)26-14-4-3-5-15-26)31-18-7-11-21-34(31)45-33-20-10-6-16-27(33)29-24-25-30-28-17-8-12-22-35(28)46-40(30)39(29)45/h3-25H,1-2H3. The SMILES string of the molecule is C[Si]1(C)c2ccccc2-c2nc(-c3ccccc3)nc(-c3ccccc3-n3c4ccccc4c4ccc5c6ccccc6sc5c43)c21. The van der Waals surface area contributed by atoms with Crippen LogP contribution in [0.3, 0.4) is 0 Å². The van der Waals surface area contributed by atoms with Crippen LogP contribution in [0.25, 0.3) is 81.6 Å². The third-order valence-corrected chi connectivity index (χ3v) is 14.7. The van der Waals surface area contributed by atoms with Gasteiger partial charge in [-0.25, -0.2) is 9.97 Å². The highest BCUT2D eigenvalue weighted by molar-refractivity contribution is 7.26. The molecule has 1 aliphatic heterocycles. The normalized spacial score (nSPS) is 13.5. The van der Waals surface area contributed by atoms with Crippen LogP contribution in [0, 0.1) is 0 Å². The topological polar surface area (TPSA) is 30.7 Å². The third-order valence-electron chi connectivity index (χ3n) is 10.0. The number of benzene rings is 6. The van der Waals surface area contributed by atoms with E-state index >= 15 is 0 Å². The van der Waals surface area contributed by atoms with Crippen molar-refractivity contribution in [2.45, 2.75) is 13.1 Å². The molecule has 1 aliphatic rings. The summed E-state index contributed by atoms with van der Waals surface area (Å²) in [5.41, 5.74) is 9.15. The summed E-state index contributed by atoms with van der Waals surface area (Å²) in [4.78, 5) is 10.8. The van der Waals surface area contributed by atoms with Crippen molar-refractivity contribution < 1.29 is 0 Å². The number of para-hydroxylation sites is 2. The lowest BCUT2D eigenvalue weighted by Gasteiger charge is -2.23. The number of hydrogen-bond donors (Lipinski definition) is 0. The van der Waals surface area contributed by atoms with Crippen LogP contribution in [-0.2, 0) is 0 Å². The molecule has 0 bridgehead atoms. The molecule has 0 amide bonds. The maximum absolute atomic E-state index is 5.50. The van der Waals surface area contributed by atoms with Crippen LogP contribution >= 0.6 is 11.3 Å². The first-order valence-corrected chi connectivity index (χ1v) is 19.9. The molecule has 0 unspecified atom stereocenters. The summed E-state index contributed by atoms with van der Waals surface area (Å²) in [5, 5.41) is 7.89. The molecule has 0 aliphatic carbocycles. The zero-order valence-electron chi connectivity index (χ0n) is 26.0. The van der Waals surface area contributed by atoms with Crippen LogP contribution in [0.5, 0.6) is 0 Å². The Morgan fingerprint density at radius 2 is 1.19 bits per heavy atom. The van der Waals surface area contributed by atoms with Crippen molar-refractivity contribution in [3.05, 3.63) is 140 Å². The minimum atomic E-state index is -2.15. The van der Waals surface area contributed by atoms with Gasteiger partial charge in [0.2, 0.25) is 0 Å². The van der Waals surface area contributed by atoms with Crippen molar-refractivity contribution in [2.24, 2.45) is 0 Å². The summed E-state index contributed by atoms with van der Waals surface area (Å²) >= 11 is 1.89. The second-order valence-corrected chi connectivity index (χ2v) is 18.3. The number of fused-ring (bicyclic) bond motifs is 10. The first-order chi connectivity index (χ1) is 23.1. The van der Waals surface area contributed by atoms with Crippen LogP contribution in [0.4, 0.5) is 0 Å². The van der Waals surface area contributed by atoms with E-state index < -0.39 is 8.07 Å². The molecule has 222 valence electrons. The van der Waals surface area contributed by atoms with E-state index in [0.29, 0.717) is 0 Å². The molecule has 0 atom stereocenters. The average Bonchev–Trinajstić information content (AvgIpc) is 3.74. The van der Waals surface area contributed by atoms with E-state index in [-0.39, 0.29) is 0 Å². The summed E-state index contributed by atoms with van der Waals surface area (Å²) in [6.07, 6.45) is 0. The molecule has 6 aromatic carbocycles. The summed E-state index contributed by atoms with van der Waals surface area (Å²) in [7, 11) is -2.15. The second kappa shape index (κ2) is 9.82. The van der Waals surface area contributed by atoms with Gasteiger partial charge in [-0.3, -0.25) is 0 Å². The van der Waals surface area contributed by atoms with E-state index in [1.807, 2.05) is 11.3 Å². The van der Waals surface area contributed by atoms with Crippen molar-refractivity contribution in [3.63, 3.8) is 0 Å². The highest BCUT2D eigenvalue weighted by atomic mass is 32.1. The van der Waals surface area contributed by atoms with Gasteiger partial charge in [0, 0.05) is 37.4 Å². The van der Waals surface area contributed by atoms with Gasteiger partial charge in [-0.1, -0.05) is 134 Å². The van der Waals surface area contributed by atoms with Gasteiger partial charge in [0.25, 0.3) is 0 Å². The van der Waals surface area contributed by atoms with Crippen molar-refractivity contribution in [3.8, 4) is 39.6 Å². The van der Waals surface area contributed by atoms with Gasteiger partial charge in [0.1, 0.15) is 8.07 Å². The molecule has 5 heteroatoms. The van der Waals surface area contributed by atoms with Crippen molar-refractivity contribution >= 4 is 71.8 Å². The molecule has 0 spiro atoms. The lowest BCUT2D eigenvalue weighted by molar-refractivity contribution is 1.16. The number of rotatable bonds is 3. The molecular formula is C42H29N3SSi. The van der Waals surface area contributed by atoms with Gasteiger partial charge in [-0.05, 0) is 34.1 Å². The Morgan fingerprint density at radius 1 is 0.553 bits per heavy atom. The van der Waals surface area contributed by atoms with Crippen LogP contribution in [0.1, 0.15) is 0 Å². The average molecular weight is 636 g/mol. The highest BCUT2D eigenvalue weighted by Gasteiger charge is 2.42. The Balaban J connectivity index is 1.35. The molecular weight excluding hydrogens is 607 g/mol. The number of nitrogens with zero attached hydrogens (tertiary/aromatic N) is 3. The van der Waals surface area contributed by atoms with Gasteiger partial charge < -0.3 is 4.57 Å². The van der Waals surface area contributed by atoms with Crippen LogP contribution in [0.2, 0.25) is 13.1 Å². The summed E-state index contributed by atoms with van der Waals surface area (Å²) in [6.45, 7) is 4.91. The molecule has 4 heterocycles. The van der Waals surface area contributed by atoms with Gasteiger partial charge in [0.15, 0.2) is 5.82 Å². The molecule has 3 nitrogen and oxygen atoms in total. The van der Waals surface area contributed by atoms with Crippen LogP contribution in [-0.4, -0.2) is 22.6 Å². The Kier molecular flexibility index (Phi) is 5.60. The van der Waals surface area contributed by atoms with Gasteiger partial charge >= 0.3 is 0 Å². The van der Waals surface area contributed by atoms with E-state index in [4.69, 9.17) is 9.97 Å². The molecule has 0 saturated carbocycles. The monoisotopic (exact) mass is 635 g/mol. The molecule has 10 rings (SSSR count). The Bertz CT molecular complexity index is 2720. The summed E-state index contributed by atoms with van der Waals surface area (Å²) in [6, 6.07) is 50.4. The van der Waals surface area contributed by atoms with E-state index in [0.717, 1.165) is 34.0 Å². The van der Waals surface area contributed by atoms with Crippen molar-refractivity contribution in [1.29, 1.82) is 0 Å². The van der Waals surface area contributed by atoms with E-state index in [1.165, 1.54) is 57.9 Å². The van der Waals surface area contributed by atoms with Crippen molar-refractivity contribution in [2.75, 3.05) is 0 Å². The second-order valence-electron chi connectivity index (χ2n) is 13.0. The van der Waals surface area contributed by atoms with E-state index in [1.54, 1.807) is 0 Å². The van der Waals surface area contributed by atoms with Gasteiger partial charge in [0.05, 0.1) is 32.8 Å². The van der Waals surface area contributed by atoms with Gasteiger partial charge in [-0.15, -0.1) is 11.3 Å². The first kappa shape index (κ1) is 26.8. The lowest BCUT2D eigenvalue weighted by atomic mass is 10.0. The minimum absolute atomic E-state index is 0.768. The van der Waals surface area contributed by atoms with E-state index in [2.05, 4.69) is 157 Å². The number of thiophene rings is 1. The minimum Gasteiger partial charge on any atom is -0.307 e. The molecule has 47 heavy (non-hydrogen) atoms. The quantitative estimate of drug-likeness (QED) is 0.181. The highest BCUT2D eigenvalue weighted by Crippen LogP contribution is 2.44. The maximum atomic E-state index is 5.50. The summed E-state index contributed by atoms with van der Waals surface area (Å²) < 4.78 is 5.13. The summed E-state index contributed by atoms with van der Waals surface area (Å²) in [5.74, 6) is 0.768. The molecule has 0 radical (unpaired) electrons. The fourth-order valence-electron chi connectivity index (χ4n) is 7.88. The number of aromatic nitrogens is 3. The molecule has 3 aromatic heterocycles. The molecule has 0 fully saturated rings. The largest absolute Gasteiger partial charge is 0.307 e. The van der Waals surface area contributed by atoms with Gasteiger partial charge in [-0.2, -0.15) is 0 Å². The van der Waals surface area contributed by atoms with Crippen molar-refractivity contribution in [1.82, 2.24) is 14.5 Å².